The molecule has 0 fully saturated rings. The average Bonchev–Trinajstić information content (AvgIpc) is 2.56. The molecule has 0 unspecified atom stereocenters. The van der Waals surface area contributed by atoms with Crippen LogP contribution < -0.4 is 10.5 Å². The number of nitrogens with two attached hydrogens (primary N) is 1. The van der Waals surface area contributed by atoms with Crippen molar-refractivity contribution in [3.63, 3.8) is 0 Å². The first-order chi connectivity index (χ1) is 6.22. The molecule has 0 aliphatic carbocycles. The van der Waals surface area contributed by atoms with Crippen LogP contribution in [0.15, 0.2) is 12.1 Å². The summed E-state index contributed by atoms with van der Waals surface area (Å²) in [4.78, 5) is 4.18. The van der Waals surface area contributed by atoms with Crippen molar-refractivity contribution in [1.82, 2.24) is 4.98 Å². The Bertz CT molecular complexity index is 416. The summed E-state index contributed by atoms with van der Waals surface area (Å²) in [6.45, 7) is 0. The molecule has 0 saturated heterocycles. The minimum Gasteiger partial charge on any atom is -0.473 e. The molecule has 0 bridgehead atoms. The smallest absolute Gasteiger partial charge is 0.274 e. The Labute approximate surface area is 84.1 Å². The van der Waals surface area contributed by atoms with E-state index in [1.54, 1.807) is 19.2 Å². The molecule has 0 atom stereocenters. The number of benzene rings is 1. The number of hydrogen-bond acceptors (Lipinski definition) is 4. The fourth-order valence-corrected chi connectivity index (χ4v) is 2.15. The van der Waals surface area contributed by atoms with Crippen molar-refractivity contribution in [3.05, 3.63) is 17.2 Å². The summed E-state index contributed by atoms with van der Waals surface area (Å²) >= 11 is 7.33. The number of hydrogen-bond donors (Lipinski definition) is 1. The van der Waals surface area contributed by atoms with Crippen LogP contribution in [-0.4, -0.2) is 12.1 Å². The maximum Gasteiger partial charge on any atom is 0.274 e. The van der Waals surface area contributed by atoms with Gasteiger partial charge in [0.2, 0.25) is 0 Å². The minimum atomic E-state index is 0.579. The number of aromatic nitrogens is 1. The predicted molar refractivity (Wildman–Crippen MR) is 55.6 cm³/mol. The van der Waals surface area contributed by atoms with Crippen LogP contribution in [0.5, 0.6) is 5.19 Å². The molecule has 0 saturated carbocycles. The molecule has 0 radical (unpaired) electrons. The molecule has 0 aliphatic heterocycles. The van der Waals surface area contributed by atoms with Gasteiger partial charge < -0.3 is 10.5 Å². The molecule has 2 N–H and O–H groups in total. The fraction of sp³-hybridized carbons (Fsp3) is 0.125. The molecule has 68 valence electrons. The van der Waals surface area contributed by atoms with Crippen molar-refractivity contribution < 1.29 is 4.74 Å². The Hall–Kier alpha value is -1.00. The summed E-state index contributed by atoms with van der Waals surface area (Å²) < 4.78 is 5.88. The third-order valence-corrected chi connectivity index (χ3v) is 3.05. The van der Waals surface area contributed by atoms with Gasteiger partial charge in [-0.05, 0) is 12.1 Å². The second-order valence-corrected chi connectivity index (χ2v) is 3.87. The summed E-state index contributed by atoms with van der Waals surface area (Å²) in [5.74, 6) is 0. The summed E-state index contributed by atoms with van der Waals surface area (Å²) in [7, 11) is 1.57. The van der Waals surface area contributed by atoms with Gasteiger partial charge in [0, 0.05) is 0 Å². The van der Waals surface area contributed by atoms with Crippen LogP contribution in [-0.2, 0) is 0 Å². The van der Waals surface area contributed by atoms with Crippen LogP contribution in [0.4, 0.5) is 5.69 Å². The SMILES string of the molecule is COc1nc2c(Cl)ccc(N)c2s1. The fourth-order valence-electron chi connectivity index (χ4n) is 1.06. The average molecular weight is 215 g/mol. The van der Waals surface area contributed by atoms with Gasteiger partial charge in [0.1, 0.15) is 5.52 Å². The number of nitrogen functional groups attached to an aromatic ring is 1. The van der Waals surface area contributed by atoms with Gasteiger partial charge in [-0.2, -0.15) is 0 Å². The summed E-state index contributed by atoms with van der Waals surface area (Å²) in [5.41, 5.74) is 7.14. The first kappa shape index (κ1) is 8.59. The van der Waals surface area contributed by atoms with Crippen molar-refractivity contribution >= 4 is 38.8 Å². The van der Waals surface area contributed by atoms with Crippen molar-refractivity contribution in [2.75, 3.05) is 12.8 Å². The van der Waals surface area contributed by atoms with Gasteiger partial charge in [0.05, 0.1) is 22.5 Å². The Morgan fingerprint density at radius 3 is 2.92 bits per heavy atom. The van der Waals surface area contributed by atoms with Crippen LogP contribution in [0, 0.1) is 0 Å². The number of halogens is 1. The normalized spacial score (nSPS) is 10.6. The monoisotopic (exact) mass is 214 g/mol. The maximum atomic E-state index is 5.93. The van der Waals surface area contributed by atoms with E-state index in [-0.39, 0.29) is 0 Å². The summed E-state index contributed by atoms with van der Waals surface area (Å²) in [6.07, 6.45) is 0. The molecule has 0 aliphatic rings. The van der Waals surface area contributed by atoms with Gasteiger partial charge in [-0.25, -0.2) is 4.98 Å². The highest BCUT2D eigenvalue weighted by Crippen LogP contribution is 2.35. The Balaban J connectivity index is 2.80. The molecule has 1 aromatic heterocycles. The van der Waals surface area contributed by atoms with E-state index in [0.717, 1.165) is 4.70 Å². The number of thiazole rings is 1. The zero-order valence-electron chi connectivity index (χ0n) is 6.87. The number of anilines is 1. The number of rotatable bonds is 1. The van der Waals surface area contributed by atoms with Crippen LogP contribution in [0.2, 0.25) is 5.02 Å². The molecule has 2 aromatic rings. The standard InChI is InChI=1S/C8H7ClN2OS/c1-12-8-11-6-4(9)2-3-5(10)7(6)13-8/h2-3H,10H2,1H3. The van der Waals surface area contributed by atoms with Gasteiger partial charge in [0.15, 0.2) is 0 Å². The van der Waals surface area contributed by atoms with E-state index in [1.165, 1.54) is 11.3 Å². The lowest BCUT2D eigenvalue weighted by molar-refractivity contribution is 0.413. The molecular weight excluding hydrogens is 208 g/mol. The summed E-state index contributed by atoms with van der Waals surface area (Å²) in [5, 5.41) is 1.18. The van der Waals surface area contributed by atoms with Crippen LogP contribution in [0.3, 0.4) is 0 Å². The minimum absolute atomic E-state index is 0.579. The zero-order chi connectivity index (χ0) is 9.42. The molecule has 1 aromatic carbocycles. The molecule has 0 amide bonds. The highest BCUT2D eigenvalue weighted by molar-refractivity contribution is 7.20. The summed E-state index contributed by atoms with van der Waals surface area (Å²) in [6, 6.07) is 3.50. The molecular formula is C8H7ClN2OS. The first-order valence-electron chi connectivity index (χ1n) is 3.61. The largest absolute Gasteiger partial charge is 0.473 e. The van der Waals surface area contributed by atoms with Gasteiger partial charge in [-0.3, -0.25) is 0 Å². The van der Waals surface area contributed by atoms with Crippen LogP contribution in [0.1, 0.15) is 0 Å². The van der Waals surface area contributed by atoms with E-state index in [1.807, 2.05) is 0 Å². The highest BCUT2D eigenvalue weighted by atomic mass is 35.5. The van der Waals surface area contributed by atoms with Crippen molar-refractivity contribution in [1.29, 1.82) is 0 Å². The van der Waals surface area contributed by atoms with E-state index in [0.29, 0.717) is 21.4 Å². The van der Waals surface area contributed by atoms with E-state index < -0.39 is 0 Å². The second-order valence-electron chi connectivity index (χ2n) is 2.50. The Morgan fingerprint density at radius 1 is 1.54 bits per heavy atom. The van der Waals surface area contributed by atoms with Gasteiger partial charge in [-0.1, -0.05) is 22.9 Å². The van der Waals surface area contributed by atoms with E-state index in [9.17, 15) is 0 Å². The second kappa shape index (κ2) is 3.05. The quantitative estimate of drug-likeness (QED) is 0.743. The highest BCUT2D eigenvalue weighted by Gasteiger charge is 2.09. The zero-order valence-corrected chi connectivity index (χ0v) is 8.45. The predicted octanol–water partition coefficient (Wildman–Crippen LogP) is 2.54. The van der Waals surface area contributed by atoms with Crippen molar-refractivity contribution in [3.8, 4) is 5.19 Å². The molecule has 1 heterocycles. The Morgan fingerprint density at radius 2 is 2.31 bits per heavy atom. The van der Waals surface area contributed by atoms with Gasteiger partial charge in [-0.15, -0.1) is 0 Å². The molecule has 13 heavy (non-hydrogen) atoms. The maximum absolute atomic E-state index is 5.93. The number of ether oxygens (including phenoxy) is 1. The lowest BCUT2D eigenvalue weighted by Gasteiger charge is -1.94. The van der Waals surface area contributed by atoms with Gasteiger partial charge >= 0.3 is 0 Å². The number of fused-ring (bicyclic) bond motifs is 1. The molecule has 0 spiro atoms. The van der Waals surface area contributed by atoms with Crippen LogP contribution >= 0.6 is 22.9 Å². The topological polar surface area (TPSA) is 48.1 Å². The lowest BCUT2D eigenvalue weighted by Crippen LogP contribution is -1.83. The van der Waals surface area contributed by atoms with Gasteiger partial charge in [0.25, 0.3) is 5.19 Å². The molecule has 3 nitrogen and oxygen atoms in total. The number of nitrogens with zero attached hydrogens (tertiary/aromatic N) is 1. The lowest BCUT2D eigenvalue weighted by atomic mass is 10.3. The van der Waals surface area contributed by atoms with E-state index in [4.69, 9.17) is 22.1 Å². The third kappa shape index (κ3) is 1.32. The van der Waals surface area contributed by atoms with E-state index >= 15 is 0 Å². The van der Waals surface area contributed by atoms with Crippen molar-refractivity contribution in [2.24, 2.45) is 0 Å². The van der Waals surface area contributed by atoms with E-state index in [2.05, 4.69) is 4.98 Å². The van der Waals surface area contributed by atoms with Crippen molar-refractivity contribution in [2.45, 2.75) is 0 Å². The Kier molecular flexibility index (Phi) is 2.01. The van der Waals surface area contributed by atoms with Crippen LogP contribution in [0.25, 0.3) is 10.2 Å². The first-order valence-corrected chi connectivity index (χ1v) is 4.80. The number of methoxy groups -OCH3 is 1. The molecule has 5 heteroatoms. The molecule has 2 rings (SSSR count). The third-order valence-electron chi connectivity index (χ3n) is 1.68.